The summed E-state index contributed by atoms with van der Waals surface area (Å²) in [7, 11) is 0. The highest BCUT2D eigenvalue weighted by atomic mass is 16.5. The van der Waals surface area contributed by atoms with E-state index in [-0.39, 0.29) is 59.5 Å². The van der Waals surface area contributed by atoms with E-state index < -0.39 is 11.5 Å². The Labute approximate surface area is 154 Å². The van der Waals surface area contributed by atoms with E-state index in [4.69, 9.17) is 51.1 Å². The fourth-order valence-corrected chi connectivity index (χ4v) is 0.774. The van der Waals surface area contributed by atoms with Crippen molar-refractivity contribution in [2.24, 2.45) is 5.41 Å². The van der Waals surface area contributed by atoms with Crippen LogP contribution in [0.2, 0.25) is 0 Å². The van der Waals surface area contributed by atoms with Gasteiger partial charge in [-0.2, -0.15) is 0 Å². The summed E-state index contributed by atoms with van der Waals surface area (Å²) in [6.45, 7) is 1.07. The minimum absolute atomic E-state index is 0.0278. The van der Waals surface area contributed by atoms with Crippen molar-refractivity contribution in [3.05, 3.63) is 0 Å². The van der Waals surface area contributed by atoms with Gasteiger partial charge < -0.3 is 55.8 Å². The highest BCUT2D eigenvalue weighted by Crippen LogP contribution is 2.18. The third kappa shape index (κ3) is 28.4. The number of rotatable bonds is 11. The normalized spacial score (nSPS) is 10.2. The van der Waals surface area contributed by atoms with Crippen LogP contribution in [0.5, 0.6) is 0 Å². The fraction of sp³-hybridized carbons (Fsp3) is 1.00. The predicted molar refractivity (Wildman–Crippen MR) is 93.3 cm³/mol. The number of hydrogen-bond donors (Lipinski definition) is 10. The molecule has 0 radical (unpaired) electrons. The van der Waals surface area contributed by atoms with E-state index >= 15 is 0 Å². The van der Waals surface area contributed by atoms with Gasteiger partial charge in [0.1, 0.15) is 6.10 Å². The second kappa shape index (κ2) is 29.3. The van der Waals surface area contributed by atoms with Gasteiger partial charge in [-0.1, -0.05) is 6.92 Å². The summed E-state index contributed by atoms with van der Waals surface area (Å²) in [6, 6.07) is 0. The molecule has 0 aromatic heterocycles. The Balaban J connectivity index is -0.000000129. The Kier molecular flexibility index (Phi) is 37.4. The standard InChI is InChI=1S/C6H14O3.C4H10O3.C3H8O3.C2H6O2/c1-2-6(3-7,4-8)5-9;5-1-3-7-4-2-6;4-1-3(6)2-5;3-1-2-4/h7-9H,2-5H2,1H3;5-6H,1-4H2;3-6H,1-2H2;3-4H,1-2H2. The van der Waals surface area contributed by atoms with Crippen molar-refractivity contribution in [1.82, 2.24) is 0 Å². The van der Waals surface area contributed by atoms with Crippen molar-refractivity contribution in [2.45, 2.75) is 19.4 Å². The molecule has 0 fully saturated rings. The third-order valence-electron chi connectivity index (χ3n) is 2.75. The quantitative estimate of drug-likeness (QED) is 0.151. The van der Waals surface area contributed by atoms with Gasteiger partial charge in [0.25, 0.3) is 0 Å². The Hall–Kier alpha value is -0.440. The Morgan fingerprint density at radius 1 is 0.654 bits per heavy atom. The molecule has 0 saturated heterocycles. The second-order valence-electron chi connectivity index (χ2n) is 4.85. The van der Waals surface area contributed by atoms with Crippen molar-refractivity contribution in [2.75, 3.05) is 72.7 Å². The molecule has 10 N–H and O–H groups in total. The highest BCUT2D eigenvalue weighted by Gasteiger charge is 2.24. The first-order valence-electron chi connectivity index (χ1n) is 8.12. The summed E-state index contributed by atoms with van der Waals surface area (Å²) in [5, 5.41) is 81.4. The molecule has 0 aliphatic rings. The van der Waals surface area contributed by atoms with Crippen LogP contribution in [0.1, 0.15) is 13.3 Å². The van der Waals surface area contributed by atoms with Crippen LogP contribution in [0.15, 0.2) is 0 Å². The van der Waals surface area contributed by atoms with Crippen LogP contribution >= 0.6 is 0 Å². The Morgan fingerprint density at radius 3 is 1.08 bits per heavy atom. The lowest BCUT2D eigenvalue weighted by Crippen LogP contribution is -2.32. The van der Waals surface area contributed by atoms with E-state index in [0.717, 1.165) is 0 Å². The molecule has 0 aliphatic heterocycles. The second-order valence-corrected chi connectivity index (χ2v) is 4.85. The van der Waals surface area contributed by atoms with E-state index in [2.05, 4.69) is 4.74 Å². The zero-order valence-corrected chi connectivity index (χ0v) is 15.4. The molecular formula is C15H38O11. The first-order valence-corrected chi connectivity index (χ1v) is 8.12. The first kappa shape index (κ1) is 33.2. The summed E-state index contributed by atoms with van der Waals surface area (Å²) in [6.07, 6.45) is -0.360. The largest absolute Gasteiger partial charge is 0.396 e. The average molecular weight is 394 g/mol. The topological polar surface area (TPSA) is 212 Å². The maximum atomic E-state index is 8.66. The van der Waals surface area contributed by atoms with Gasteiger partial charge in [0, 0.05) is 5.41 Å². The van der Waals surface area contributed by atoms with Gasteiger partial charge >= 0.3 is 0 Å². The lowest BCUT2D eigenvalue weighted by atomic mass is 9.88. The van der Waals surface area contributed by atoms with Crippen LogP contribution in [0.25, 0.3) is 0 Å². The van der Waals surface area contributed by atoms with Gasteiger partial charge in [-0.3, -0.25) is 0 Å². The molecule has 0 saturated carbocycles. The smallest absolute Gasteiger partial charge is 0.100 e. The van der Waals surface area contributed by atoms with Gasteiger partial charge in [0.2, 0.25) is 0 Å². The van der Waals surface area contributed by atoms with Gasteiger partial charge in [-0.15, -0.1) is 0 Å². The van der Waals surface area contributed by atoms with Gasteiger partial charge in [-0.25, -0.2) is 0 Å². The predicted octanol–water partition coefficient (Wildman–Crippen LogP) is -4.35. The number of hydrogen-bond acceptors (Lipinski definition) is 11. The van der Waals surface area contributed by atoms with Crippen LogP contribution in [0, 0.1) is 5.41 Å². The van der Waals surface area contributed by atoms with Crippen molar-refractivity contribution >= 4 is 0 Å². The first-order chi connectivity index (χ1) is 12.4. The van der Waals surface area contributed by atoms with Crippen LogP contribution < -0.4 is 0 Å². The summed E-state index contributed by atoms with van der Waals surface area (Å²) >= 11 is 0. The Bertz CT molecular complexity index is 188. The highest BCUT2D eigenvalue weighted by molar-refractivity contribution is 4.74. The molecule has 0 aromatic carbocycles. The lowest BCUT2D eigenvalue weighted by Gasteiger charge is -2.24. The van der Waals surface area contributed by atoms with Crippen LogP contribution in [0.4, 0.5) is 0 Å². The van der Waals surface area contributed by atoms with Crippen LogP contribution in [-0.4, -0.2) is 130 Å². The molecular weight excluding hydrogens is 356 g/mol. The van der Waals surface area contributed by atoms with E-state index in [1.165, 1.54) is 0 Å². The molecule has 0 rings (SSSR count). The molecule has 0 bridgehead atoms. The van der Waals surface area contributed by atoms with Crippen molar-refractivity contribution in [1.29, 1.82) is 0 Å². The third-order valence-corrected chi connectivity index (χ3v) is 2.75. The average Bonchev–Trinajstić information content (AvgIpc) is 2.71. The Morgan fingerprint density at radius 2 is 1.00 bits per heavy atom. The zero-order chi connectivity index (χ0) is 21.3. The molecule has 0 amide bonds. The molecule has 0 unspecified atom stereocenters. The van der Waals surface area contributed by atoms with Crippen LogP contribution in [-0.2, 0) is 4.74 Å². The molecule has 164 valence electrons. The minimum Gasteiger partial charge on any atom is -0.396 e. The molecule has 0 heterocycles. The van der Waals surface area contributed by atoms with Gasteiger partial charge in [-0.05, 0) is 6.42 Å². The zero-order valence-electron chi connectivity index (χ0n) is 15.4. The van der Waals surface area contributed by atoms with E-state index in [1.807, 2.05) is 6.92 Å². The number of ether oxygens (including phenoxy) is 1. The van der Waals surface area contributed by atoms with E-state index in [0.29, 0.717) is 19.6 Å². The van der Waals surface area contributed by atoms with Gasteiger partial charge in [0.05, 0.1) is 72.7 Å². The minimum atomic E-state index is -0.954. The summed E-state index contributed by atoms with van der Waals surface area (Å²) in [5.41, 5.74) is -0.667. The van der Waals surface area contributed by atoms with Crippen LogP contribution in [0.3, 0.4) is 0 Å². The number of aliphatic hydroxyl groups is 10. The molecule has 11 nitrogen and oxygen atoms in total. The maximum absolute atomic E-state index is 8.66. The van der Waals surface area contributed by atoms with Gasteiger partial charge in [0.15, 0.2) is 0 Å². The van der Waals surface area contributed by atoms with E-state index in [1.54, 1.807) is 0 Å². The number of aliphatic hydroxyl groups excluding tert-OH is 10. The maximum Gasteiger partial charge on any atom is 0.100 e. The molecule has 0 spiro atoms. The SMILES string of the molecule is CCC(CO)(CO)CO.OCC(O)CO.OCCO.OCCOCCO. The molecule has 0 aliphatic carbocycles. The molecule has 26 heavy (non-hydrogen) atoms. The molecule has 0 atom stereocenters. The van der Waals surface area contributed by atoms with Crippen molar-refractivity contribution in [3.63, 3.8) is 0 Å². The lowest BCUT2D eigenvalue weighted by molar-refractivity contribution is 0.00304. The summed E-state index contributed by atoms with van der Waals surface area (Å²) < 4.78 is 4.63. The summed E-state index contributed by atoms with van der Waals surface area (Å²) in [5.74, 6) is 0. The van der Waals surface area contributed by atoms with Crippen molar-refractivity contribution < 1.29 is 55.8 Å². The van der Waals surface area contributed by atoms with Crippen molar-refractivity contribution in [3.8, 4) is 0 Å². The monoisotopic (exact) mass is 394 g/mol. The van der Waals surface area contributed by atoms with E-state index in [9.17, 15) is 0 Å². The summed E-state index contributed by atoms with van der Waals surface area (Å²) in [4.78, 5) is 0. The molecule has 0 aromatic rings. The fourth-order valence-electron chi connectivity index (χ4n) is 0.774. The molecule has 11 heteroatoms.